The van der Waals surface area contributed by atoms with Crippen molar-refractivity contribution in [1.82, 2.24) is 4.98 Å². The third-order valence-corrected chi connectivity index (χ3v) is 7.06. The highest BCUT2D eigenvalue weighted by atomic mass is 35.5. The maximum Gasteiger partial charge on any atom is 0.185 e. The van der Waals surface area contributed by atoms with Crippen molar-refractivity contribution in [3.8, 4) is 22.8 Å². The lowest BCUT2D eigenvalue weighted by molar-refractivity contribution is 0.150. The first-order valence-corrected chi connectivity index (χ1v) is 12.2. The summed E-state index contributed by atoms with van der Waals surface area (Å²) in [6.07, 6.45) is -1.11. The van der Waals surface area contributed by atoms with Gasteiger partial charge in [-0.2, -0.15) is 0 Å². The van der Waals surface area contributed by atoms with E-state index in [4.69, 9.17) is 32.5 Å². The number of aliphatic hydroxyl groups excluding tert-OH is 1. The van der Waals surface area contributed by atoms with Gasteiger partial charge >= 0.3 is 0 Å². The maximum absolute atomic E-state index is 11.3. The molecule has 0 aliphatic heterocycles. The van der Waals surface area contributed by atoms with Crippen molar-refractivity contribution in [2.24, 2.45) is 0 Å². The number of ether oxygens (including phenoxy) is 1. The van der Waals surface area contributed by atoms with Crippen LogP contribution in [0.15, 0.2) is 84.2 Å². The predicted octanol–water partition coefficient (Wildman–Crippen LogP) is 6.91. The molecule has 1 heterocycles. The van der Waals surface area contributed by atoms with Crippen molar-refractivity contribution >= 4 is 39.9 Å². The first kappa shape index (κ1) is 24.4. The van der Waals surface area contributed by atoms with Crippen LogP contribution in [0.1, 0.15) is 24.0 Å². The number of nitrogens with zero attached hydrogens (tertiary/aromatic N) is 1. The molecule has 0 fully saturated rings. The van der Waals surface area contributed by atoms with E-state index in [0.29, 0.717) is 10.9 Å². The first-order chi connectivity index (χ1) is 16.4. The molecule has 3 aromatic carbocycles. The lowest BCUT2D eigenvalue weighted by Gasteiger charge is -2.37. The van der Waals surface area contributed by atoms with Crippen molar-refractivity contribution in [3.05, 3.63) is 95.4 Å². The summed E-state index contributed by atoms with van der Waals surface area (Å²) >= 11 is 14.0. The molecule has 0 aliphatic carbocycles. The Morgan fingerprint density at radius 2 is 1.53 bits per heavy atom. The predicted molar refractivity (Wildman–Crippen MR) is 139 cm³/mol. The van der Waals surface area contributed by atoms with Crippen LogP contribution in [0, 0.1) is 0 Å². The van der Waals surface area contributed by atoms with Crippen molar-refractivity contribution in [1.29, 1.82) is 0 Å². The van der Waals surface area contributed by atoms with Gasteiger partial charge in [0.15, 0.2) is 5.13 Å². The molecule has 0 saturated carbocycles. The number of aliphatic hydroxyl groups is 1. The van der Waals surface area contributed by atoms with Gasteiger partial charge in [-0.15, -0.1) is 22.9 Å². The molecule has 0 spiro atoms. The minimum absolute atomic E-state index is 0.375. The lowest BCUT2D eigenvalue weighted by atomic mass is 9.80. The Bertz CT molecular complexity index is 1150. The second-order valence-electron chi connectivity index (χ2n) is 7.95. The number of alkyl halides is 1. The Labute approximate surface area is 213 Å². The van der Waals surface area contributed by atoms with E-state index >= 15 is 0 Å². The molecule has 1 aromatic heterocycles. The highest BCUT2D eigenvalue weighted by molar-refractivity contribution is 7.14. The maximum atomic E-state index is 11.3. The minimum Gasteiger partial charge on any atom is -0.497 e. The zero-order valence-corrected chi connectivity index (χ0v) is 20.9. The van der Waals surface area contributed by atoms with Gasteiger partial charge in [-0.25, -0.2) is 4.98 Å². The highest BCUT2D eigenvalue weighted by Gasteiger charge is 2.41. The second-order valence-corrected chi connectivity index (χ2v) is 9.78. The van der Waals surface area contributed by atoms with E-state index in [1.54, 1.807) is 26.2 Å². The van der Waals surface area contributed by atoms with Crippen molar-refractivity contribution < 1.29 is 14.1 Å². The number of nitrogens with one attached hydrogen (secondary N) is 1. The summed E-state index contributed by atoms with van der Waals surface area (Å²) in [5.74, 6) is 0.880. The summed E-state index contributed by atoms with van der Waals surface area (Å²) in [5.41, 5.74) is 3.65. The van der Waals surface area contributed by atoms with E-state index in [0.717, 1.165) is 28.1 Å². The van der Waals surface area contributed by atoms with Crippen LogP contribution in [0.3, 0.4) is 0 Å². The van der Waals surface area contributed by atoms with Crippen LogP contribution in [0.5, 0.6) is 11.5 Å². The van der Waals surface area contributed by atoms with E-state index < -0.39 is 11.1 Å². The topological polar surface area (TPSA) is 63.6 Å². The fourth-order valence-electron chi connectivity index (χ4n) is 3.85. The quantitative estimate of drug-likeness (QED) is 0.187. The monoisotopic (exact) mass is 514 g/mol. The average molecular weight is 515 g/mol. The van der Waals surface area contributed by atoms with Gasteiger partial charge in [-0.1, -0.05) is 54.6 Å². The summed E-state index contributed by atoms with van der Waals surface area (Å²) in [5, 5.41) is 16.9. The van der Waals surface area contributed by atoms with Crippen LogP contribution in [0.25, 0.3) is 11.3 Å². The van der Waals surface area contributed by atoms with Gasteiger partial charge < -0.3 is 19.4 Å². The summed E-state index contributed by atoms with van der Waals surface area (Å²) in [4.78, 5) is 3.48. The number of aromatic nitrogens is 1. The van der Waals surface area contributed by atoms with E-state index in [2.05, 4.69) is 10.3 Å². The van der Waals surface area contributed by atoms with Crippen LogP contribution in [0.4, 0.5) is 5.13 Å². The van der Waals surface area contributed by atoms with E-state index in [1.165, 1.54) is 11.3 Å². The molecule has 3 unspecified atom stereocenters. The van der Waals surface area contributed by atoms with Gasteiger partial charge in [0.05, 0.1) is 17.7 Å². The Morgan fingerprint density at radius 1 is 0.941 bits per heavy atom. The van der Waals surface area contributed by atoms with Gasteiger partial charge in [-0.05, 0) is 42.3 Å². The average Bonchev–Trinajstić information content (AvgIpc) is 3.34. The standard InChI is InChI=1S/C26H24Cl2N2O3S/c1-26(27,24(31)30-25-29-22(16-34-25)17-6-4-3-5-7-17)23(18-8-12-20(32-2)13-9-18)19-10-14-21(33-28)15-11-19/h3-16,23-24,31H,1-2H3,(H,29,30). The van der Waals surface area contributed by atoms with E-state index in [-0.39, 0.29) is 5.92 Å². The third kappa shape index (κ3) is 5.31. The Kier molecular flexibility index (Phi) is 7.63. The van der Waals surface area contributed by atoms with Crippen LogP contribution in [-0.4, -0.2) is 28.3 Å². The number of hydrogen-bond donors (Lipinski definition) is 2. The lowest BCUT2D eigenvalue weighted by Crippen LogP contribution is -2.45. The molecule has 176 valence electrons. The highest BCUT2D eigenvalue weighted by Crippen LogP contribution is 2.43. The molecule has 3 atom stereocenters. The largest absolute Gasteiger partial charge is 0.497 e. The van der Waals surface area contributed by atoms with Crippen LogP contribution in [-0.2, 0) is 0 Å². The number of rotatable bonds is 9. The normalized spacial score (nSPS) is 14.6. The summed E-state index contributed by atoms with van der Waals surface area (Å²) < 4.78 is 10.1. The number of thiazole rings is 1. The number of halogens is 2. The fourth-order valence-corrected chi connectivity index (χ4v) is 5.00. The fraction of sp³-hybridized carbons (Fsp3) is 0.192. The zero-order chi connectivity index (χ0) is 24.1. The molecule has 0 saturated heterocycles. The molecule has 4 rings (SSSR count). The van der Waals surface area contributed by atoms with Gasteiger partial charge in [0.2, 0.25) is 0 Å². The molecule has 0 radical (unpaired) electrons. The summed E-state index contributed by atoms with van der Waals surface area (Å²) in [7, 11) is 1.62. The Hall–Kier alpha value is -2.77. The second kappa shape index (κ2) is 10.7. The molecule has 0 amide bonds. The van der Waals surface area contributed by atoms with Crippen LogP contribution >= 0.6 is 34.8 Å². The van der Waals surface area contributed by atoms with Crippen LogP contribution < -0.4 is 14.3 Å². The van der Waals surface area contributed by atoms with E-state index in [1.807, 2.05) is 72.1 Å². The SMILES string of the molecule is COc1ccc(C(c2ccc(OCl)cc2)C(C)(Cl)C(O)Nc2nc(-c3ccccc3)cs2)cc1. The Morgan fingerprint density at radius 3 is 2.09 bits per heavy atom. The molecular formula is C26H24Cl2N2O3S. The van der Waals surface area contributed by atoms with Crippen molar-refractivity contribution in [2.45, 2.75) is 23.9 Å². The first-order valence-electron chi connectivity index (χ1n) is 10.6. The molecule has 8 heteroatoms. The smallest absolute Gasteiger partial charge is 0.185 e. The number of hydrogen-bond acceptors (Lipinski definition) is 6. The molecule has 34 heavy (non-hydrogen) atoms. The molecule has 2 N–H and O–H groups in total. The third-order valence-electron chi connectivity index (χ3n) is 5.68. The van der Waals surface area contributed by atoms with Crippen molar-refractivity contribution in [2.75, 3.05) is 12.4 Å². The number of methoxy groups -OCH3 is 1. The zero-order valence-electron chi connectivity index (χ0n) is 18.6. The number of anilines is 1. The number of benzene rings is 3. The molecular weight excluding hydrogens is 491 g/mol. The summed E-state index contributed by atoms with van der Waals surface area (Å²) in [6.45, 7) is 1.80. The minimum atomic E-state index is -1.14. The van der Waals surface area contributed by atoms with Gasteiger partial charge in [0.25, 0.3) is 0 Å². The molecule has 0 bridgehead atoms. The molecule has 5 nitrogen and oxygen atoms in total. The van der Waals surface area contributed by atoms with E-state index in [9.17, 15) is 5.11 Å². The van der Waals surface area contributed by atoms with Gasteiger partial charge in [0.1, 0.15) is 29.6 Å². The summed E-state index contributed by atoms with van der Waals surface area (Å²) in [6, 6.07) is 24.8. The van der Waals surface area contributed by atoms with Crippen molar-refractivity contribution in [3.63, 3.8) is 0 Å². The van der Waals surface area contributed by atoms with Gasteiger partial charge in [0, 0.05) is 16.9 Å². The van der Waals surface area contributed by atoms with Gasteiger partial charge in [-0.3, -0.25) is 0 Å². The Balaban J connectivity index is 1.64. The molecule has 4 aromatic rings. The molecule has 0 aliphatic rings. The van der Waals surface area contributed by atoms with Crippen LogP contribution in [0.2, 0.25) is 0 Å².